The number of benzene rings is 3. The van der Waals surface area contributed by atoms with Gasteiger partial charge in [-0.2, -0.15) is 0 Å². The third-order valence-electron chi connectivity index (χ3n) is 6.83. The van der Waals surface area contributed by atoms with Crippen molar-refractivity contribution in [3.05, 3.63) is 77.9 Å². The predicted molar refractivity (Wildman–Crippen MR) is 146 cm³/mol. The van der Waals surface area contributed by atoms with Crippen LogP contribution in [0.1, 0.15) is 42.1 Å². The van der Waals surface area contributed by atoms with E-state index in [2.05, 4.69) is 12.2 Å². The summed E-state index contributed by atoms with van der Waals surface area (Å²) in [7, 11) is 3.30. The van der Waals surface area contributed by atoms with Crippen molar-refractivity contribution in [3.63, 3.8) is 0 Å². The SMILES string of the molecule is COc1ccc(-c2sc3cc(OC)ccc3c2C(=O)c2ccc(OC(C)C3CCCCN3)cc2)cc1. The van der Waals surface area contributed by atoms with Crippen LogP contribution < -0.4 is 19.5 Å². The molecule has 1 aliphatic heterocycles. The highest BCUT2D eigenvalue weighted by Crippen LogP contribution is 2.41. The van der Waals surface area contributed by atoms with E-state index < -0.39 is 0 Å². The van der Waals surface area contributed by atoms with Gasteiger partial charge in [0.15, 0.2) is 5.78 Å². The molecule has 0 bridgehead atoms. The lowest BCUT2D eigenvalue weighted by atomic mass is 9.97. The van der Waals surface area contributed by atoms with Crippen molar-refractivity contribution >= 4 is 27.2 Å². The van der Waals surface area contributed by atoms with Crippen LogP contribution in [0.5, 0.6) is 17.2 Å². The summed E-state index contributed by atoms with van der Waals surface area (Å²) in [5, 5.41) is 4.47. The number of methoxy groups -OCH3 is 2. The van der Waals surface area contributed by atoms with Gasteiger partial charge in [0.2, 0.25) is 0 Å². The van der Waals surface area contributed by atoms with Gasteiger partial charge in [-0.05, 0) is 98.6 Å². The van der Waals surface area contributed by atoms with Crippen molar-refractivity contribution in [2.45, 2.75) is 38.3 Å². The molecule has 1 fully saturated rings. The van der Waals surface area contributed by atoms with Crippen LogP contribution in [0.3, 0.4) is 0 Å². The molecule has 1 aliphatic rings. The van der Waals surface area contributed by atoms with E-state index in [1.165, 1.54) is 12.8 Å². The van der Waals surface area contributed by atoms with Gasteiger partial charge in [-0.25, -0.2) is 0 Å². The Morgan fingerprint density at radius 1 is 0.917 bits per heavy atom. The van der Waals surface area contributed by atoms with E-state index in [0.29, 0.717) is 17.2 Å². The number of carbonyl (C=O) groups excluding carboxylic acids is 1. The van der Waals surface area contributed by atoms with Gasteiger partial charge in [0.1, 0.15) is 23.4 Å². The Kier molecular flexibility index (Phi) is 7.25. The second kappa shape index (κ2) is 10.7. The lowest BCUT2D eigenvalue weighted by molar-refractivity contribution is 0.104. The van der Waals surface area contributed by atoms with E-state index in [1.807, 2.05) is 66.7 Å². The summed E-state index contributed by atoms with van der Waals surface area (Å²) in [5.41, 5.74) is 2.32. The number of nitrogens with one attached hydrogen (secondary N) is 1. The zero-order valence-electron chi connectivity index (χ0n) is 20.9. The number of thiophene rings is 1. The molecule has 186 valence electrons. The van der Waals surface area contributed by atoms with E-state index in [4.69, 9.17) is 14.2 Å². The molecular weight excluding hydrogens is 470 g/mol. The minimum absolute atomic E-state index is 0.00854. The Bertz CT molecular complexity index is 1340. The Morgan fingerprint density at radius 3 is 2.28 bits per heavy atom. The number of carbonyl (C=O) groups is 1. The molecule has 3 aromatic carbocycles. The Morgan fingerprint density at radius 2 is 1.61 bits per heavy atom. The summed E-state index contributed by atoms with van der Waals surface area (Å²) in [6.45, 7) is 3.15. The van der Waals surface area contributed by atoms with Crippen LogP contribution in [-0.4, -0.2) is 38.7 Å². The molecule has 0 spiro atoms. The monoisotopic (exact) mass is 501 g/mol. The second-order valence-corrected chi connectivity index (χ2v) is 10.2. The quantitative estimate of drug-likeness (QED) is 0.272. The average Bonchev–Trinajstić information content (AvgIpc) is 3.32. The summed E-state index contributed by atoms with van der Waals surface area (Å²) >= 11 is 1.60. The molecule has 2 unspecified atom stereocenters. The van der Waals surface area contributed by atoms with Gasteiger partial charge in [-0.3, -0.25) is 4.79 Å². The molecule has 5 rings (SSSR count). The number of ether oxygens (including phenoxy) is 3. The van der Waals surface area contributed by atoms with Crippen molar-refractivity contribution in [3.8, 4) is 27.7 Å². The summed E-state index contributed by atoms with van der Waals surface area (Å²) in [6.07, 6.45) is 3.66. The van der Waals surface area contributed by atoms with E-state index >= 15 is 0 Å². The maximum absolute atomic E-state index is 13.9. The van der Waals surface area contributed by atoms with E-state index in [9.17, 15) is 4.79 Å². The molecule has 0 aliphatic carbocycles. The number of ketones is 1. The van der Waals surface area contributed by atoms with Crippen LogP contribution in [0.15, 0.2) is 66.7 Å². The van der Waals surface area contributed by atoms with Crippen LogP contribution in [0.4, 0.5) is 0 Å². The fourth-order valence-corrected chi connectivity index (χ4v) is 6.01. The van der Waals surface area contributed by atoms with Gasteiger partial charge in [-0.1, -0.05) is 6.42 Å². The third-order valence-corrected chi connectivity index (χ3v) is 8.03. The van der Waals surface area contributed by atoms with Gasteiger partial charge in [0.05, 0.1) is 14.2 Å². The average molecular weight is 502 g/mol. The molecule has 1 saturated heterocycles. The number of hydrogen-bond donors (Lipinski definition) is 1. The largest absolute Gasteiger partial charge is 0.497 e. The first-order chi connectivity index (χ1) is 17.6. The predicted octanol–water partition coefficient (Wildman–Crippen LogP) is 6.73. The Hall–Kier alpha value is -3.35. The summed E-state index contributed by atoms with van der Waals surface area (Å²) < 4.78 is 18.0. The highest BCUT2D eigenvalue weighted by atomic mass is 32.1. The fraction of sp³-hybridized carbons (Fsp3) is 0.300. The standard InChI is InChI=1S/C30H31NO4S/c1-19(26-6-4-5-17-31-26)35-23-13-7-20(8-14-23)29(32)28-25-16-15-24(34-3)18-27(25)36-30(28)21-9-11-22(33-2)12-10-21/h7-16,18-19,26,31H,4-6,17H2,1-3H3. The molecule has 2 heterocycles. The van der Waals surface area contributed by atoms with Gasteiger partial charge in [-0.15, -0.1) is 11.3 Å². The highest BCUT2D eigenvalue weighted by molar-refractivity contribution is 7.22. The smallest absolute Gasteiger partial charge is 0.195 e. The molecule has 2 atom stereocenters. The van der Waals surface area contributed by atoms with Gasteiger partial charge in [0.25, 0.3) is 0 Å². The van der Waals surface area contributed by atoms with Crippen molar-refractivity contribution in [1.29, 1.82) is 0 Å². The zero-order chi connectivity index (χ0) is 25.1. The van der Waals surface area contributed by atoms with Gasteiger partial charge < -0.3 is 19.5 Å². The molecule has 1 aromatic heterocycles. The minimum atomic E-state index is -0.00854. The number of piperidine rings is 1. The van der Waals surface area contributed by atoms with Crippen molar-refractivity contribution in [2.75, 3.05) is 20.8 Å². The first-order valence-electron chi connectivity index (χ1n) is 12.4. The molecular formula is C30H31NO4S. The number of fused-ring (bicyclic) bond motifs is 1. The molecule has 1 N–H and O–H groups in total. The lowest BCUT2D eigenvalue weighted by Gasteiger charge is -2.29. The maximum Gasteiger partial charge on any atom is 0.195 e. The van der Waals surface area contributed by atoms with Crippen LogP contribution in [0, 0.1) is 0 Å². The summed E-state index contributed by atoms with van der Waals surface area (Å²) in [5.74, 6) is 2.32. The summed E-state index contributed by atoms with van der Waals surface area (Å²) in [4.78, 5) is 14.8. The highest BCUT2D eigenvalue weighted by Gasteiger charge is 2.23. The molecule has 6 heteroatoms. The third kappa shape index (κ3) is 4.97. The lowest BCUT2D eigenvalue weighted by Crippen LogP contribution is -2.44. The normalized spacial score (nSPS) is 16.5. The van der Waals surface area contributed by atoms with Crippen LogP contribution >= 0.6 is 11.3 Å². The molecule has 5 nitrogen and oxygen atoms in total. The maximum atomic E-state index is 13.9. The van der Waals surface area contributed by atoms with E-state index in [0.717, 1.165) is 50.7 Å². The molecule has 4 aromatic rings. The van der Waals surface area contributed by atoms with Crippen LogP contribution in [0.25, 0.3) is 20.5 Å². The van der Waals surface area contributed by atoms with Gasteiger partial charge >= 0.3 is 0 Å². The van der Waals surface area contributed by atoms with E-state index in [-0.39, 0.29) is 11.9 Å². The van der Waals surface area contributed by atoms with E-state index in [1.54, 1.807) is 25.6 Å². The van der Waals surface area contributed by atoms with Crippen molar-refractivity contribution < 1.29 is 19.0 Å². The van der Waals surface area contributed by atoms with Crippen LogP contribution in [0.2, 0.25) is 0 Å². The molecule has 36 heavy (non-hydrogen) atoms. The first-order valence-corrected chi connectivity index (χ1v) is 13.2. The second-order valence-electron chi connectivity index (χ2n) is 9.13. The van der Waals surface area contributed by atoms with Gasteiger partial charge in [0, 0.05) is 32.1 Å². The topological polar surface area (TPSA) is 56.8 Å². The molecule has 0 radical (unpaired) electrons. The van der Waals surface area contributed by atoms with Crippen molar-refractivity contribution in [1.82, 2.24) is 5.32 Å². The number of hydrogen-bond acceptors (Lipinski definition) is 6. The molecule has 0 saturated carbocycles. The first kappa shape index (κ1) is 24.3. The van der Waals surface area contributed by atoms with Crippen molar-refractivity contribution in [2.24, 2.45) is 0 Å². The summed E-state index contributed by atoms with van der Waals surface area (Å²) in [6, 6.07) is 21.6. The Balaban J connectivity index is 1.46. The zero-order valence-corrected chi connectivity index (χ0v) is 21.7. The Labute approximate surface area is 216 Å². The van der Waals surface area contributed by atoms with Crippen LogP contribution in [-0.2, 0) is 0 Å². The minimum Gasteiger partial charge on any atom is -0.497 e. The number of rotatable bonds is 8. The molecule has 0 amide bonds. The fourth-order valence-electron chi connectivity index (χ4n) is 4.78.